The summed E-state index contributed by atoms with van der Waals surface area (Å²) in [7, 11) is 0. The smallest absolute Gasteiger partial charge is 0.244 e. The van der Waals surface area contributed by atoms with Gasteiger partial charge in [-0.05, 0) is 51.4 Å². The minimum Gasteiger partial charge on any atom is -0.316 e. The van der Waals surface area contributed by atoms with Crippen LogP contribution >= 0.6 is 0 Å². The fraction of sp³-hybridized carbons (Fsp3) is 0.0370. The molecule has 0 spiro atoms. The van der Waals surface area contributed by atoms with E-state index in [0.717, 1.165) is 27.7 Å². The number of carbonyl (C=O) groups excluding carboxylic acids is 1. The number of fused-ring (bicyclic) bond motifs is 2. The van der Waals surface area contributed by atoms with Crippen LogP contribution in [0.5, 0.6) is 0 Å². The Bertz CT molecular complexity index is 1410. The third-order valence-corrected chi connectivity index (χ3v) is 5.41. The Hall–Kier alpha value is -4.18. The number of hydrogen-bond acceptors (Lipinski definition) is 2. The van der Waals surface area contributed by atoms with Gasteiger partial charge in [-0.1, -0.05) is 72.8 Å². The lowest BCUT2D eigenvalue weighted by atomic mass is 10.0. The van der Waals surface area contributed by atoms with Crippen LogP contribution in [0, 0.1) is 0 Å². The van der Waals surface area contributed by atoms with Gasteiger partial charge in [-0.15, -0.1) is 0 Å². The average Bonchev–Trinajstić information content (AvgIpc) is 3.27. The summed E-state index contributed by atoms with van der Waals surface area (Å²) in [6.45, 7) is 0. The maximum Gasteiger partial charge on any atom is 0.244 e. The van der Waals surface area contributed by atoms with Gasteiger partial charge in [-0.3, -0.25) is 4.79 Å². The molecule has 0 unspecified atom stereocenters. The molecule has 4 heteroatoms. The van der Waals surface area contributed by atoms with Crippen molar-refractivity contribution in [3.05, 3.63) is 115 Å². The van der Waals surface area contributed by atoms with Gasteiger partial charge in [-0.25, -0.2) is 5.43 Å². The summed E-state index contributed by atoms with van der Waals surface area (Å²) in [5, 5.41) is 8.80. The average molecular weight is 403 g/mol. The van der Waals surface area contributed by atoms with Crippen LogP contribution in [0.4, 0.5) is 0 Å². The highest BCUT2D eigenvalue weighted by molar-refractivity contribution is 5.91. The van der Waals surface area contributed by atoms with Crippen molar-refractivity contribution < 1.29 is 4.79 Å². The van der Waals surface area contributed by atoms with E-state index < -0.39 is 0 Å². The summed E-state index contributed by atoms with van der Waals surface area (Å²) in [6.07, 6.45) is 3.95. The lowest BCUT2D eigenvalue weighted by molar-refractivity contribution is -0.120. The topological polar surface area (TPSA) is 46.4 Å². The molecule has 0 atom stereocenters. The molecule has 0 aliphatic carbocycles. The first-order valence-corrected chi connectivity index (χ1v) is 10.2. The fourth-order valence-corrected chi connectivity index (χ4v) is 3.89. The molecule has 0 radical (unpaired) electrons. The molecule has 1 heterocycles. The number of hydrogen-bond donors (Lipinski definition) is 1. The number of rotatable bonds is 5. The van der Waals surface area contributed by atoms with Crippen molar-refractivity contribution in [2.75, 3.05) is 0 Å². The highest BCUT2D eigenvalue weighted by Gasteiger charge is 2.07. The van der Waals surface area contributed by atoms with Gasteiger partial charge in [0, 0.05) is 11.9 Å². The number of hydrazone groups is 1. The first-order valence-electron chi connectivity index (χ1n) is 10.2. The molecule has 4 aromatic carbocycles. The van der Waals surface area contributed by atoms with Crippen LogP contribution in [0.3, 0.4) is 0 Å². The Morgan fingerprint density at radius 2 is 1.58 bits per heavy atom. The van der Waals surface area contributed by atoms with Gasteiger partial charge in [0.25, 0.3) is 0 Å². The maximum absolute atomic E-state index is 12.5. The molecular formula is C27H21N3O. The van der Waals surface area contributed by atoms with Crippen molar-refractivity contribution in [1.29, 1.82) is 0 Å². The van der Waals surface area contributed by atoms with Crippen LogP contribution in [0.15, 0.2) is 108 Å². The predicted molar refractivity (Wildman–Crippen MR) is 127 cm³/mol. The lowest BCUT2D eigenvalue weighted by Gasteiger charge is -2.08. The van der Waals surface area contributed by atoms with E-state index in [2.05, 4.69) is 53.0 Å². The van der Waals surface area contributed by atoms with Crippen LogP contribution in [-0.4, -0.2) is 16.7 Å². The van der Waals surface area contributed by atoms with Gasteiger partial charge < -0.3 is 4.57 Å². The standard InChI is InChI=1S/C27H21N3O/c31-27(18-23-11-5-10-21-8-3-4-13-26(21)23)29-28-19-25-12-6-16-30(25)24-15-14-20-7-1-2-9-22(20)17-24/h1-17,19H,18H2,(H,29,31)/b28-19+. The zero-order valence-electron chi connectivity index (χ0n) is 16.9. The summed E-state index contributed by atoms with van der Waals surface area (Å²) < 4.78 is 2.05. The van der Waals surface area contributed by atoms with E-state index in [1.54, 1.807) is 6.21 Å². The van der Waals surface area contributed by atoms with Gasteiger partial charge in [0.1, 0.15) is 0 Å². The van der Waals surface area contributed by atoms with Gasteiger partial charge in [0.15, 0.2) is 0 Å². The van der Waals surface area contributed by atoms with Gasteiger partial charge >= 0.3 is 0 Å². The monoisotopic (exact) mass is 403 g/mol. The van der Waals surface area contributed by atoms with Crippen LogP contribution in [-0.2, 0) is 11.2 Å². The largest absolute Gasteiger partial charge is 0.316 e. The van der Waals surface area contributed by atoms with Crippen molar-refractivity contribution >= 4 is 33.7 Å². The Morgan fingerprint density at radius 3 is 2.48 bits per heavy atom. The minimum atomic E-state index is -0.142. The third-order valence-electron chi connectivity index (χ3n) is 5.41. The Kier molecular flexibility index (Phi) is 5.03. The van der Waals surface area contributed by atoms with Gasteiger partial charge in [0.2, 0.25) is 5.91 Å². The first kappa shape index (κ1) is 18.8. The number of benzene rings is 4. The van der Waals surface area contributed by atoms with Gasteiger partial charge in [0.05, 0.1) is 18.3 Å². The summed E-state index contributed by atoms with van der Waals surface area (Å²) in [5.41, 5.74) is 5.59. The van der Waals surface area contributed by atoms with E-state index in [-0.39, 0.29) is 12.3 Å². The van der Waals surface area contributed by atoms with Crippen LogP contribution in [0.25, 0.3) is 27.2 Å². The number of nitrogens with zero attached hydrogens (tertiary/aromatic N) is 2. The molecule has 5 rings (SSSR count). The van der Waals surface area contributed by atoms with E-state index in [9.17, 15) is 4.79 Å². The molecule has 31 heavy (non-hydrogen) atoms. The van der Waals surface area contributed by atoms with E-state index in [1.165, 1.54) is 10.8 Å². The van der Waals surface area contributed by atoms with Crippen LogP contribution < -0.4 is 5.43 Å². The maximum atomic E-state index is 12.5. The number of nitrogens with one attached hydrogen (secondary N) is 1. The number of aromatic nitrogens is 1. The van der Waals surface area contributed by atoms with Crippen LogP contribution in [0.2, 0.25) is 0 Å². The Morgan fingerprint density at radius 1 is 0.806 bits per heavy atom. The molecule has 0 fully saturated rings. The summed E-state index contributed by atoms with van der Waals surface area (Å²) in [6, 6.07) is 32.6. The van der Waals surface area contributed by atoms with Crippen LogP contribution in [0.1, 0.15) is 11.3 Å². The van der Waals surface area contributed by atoms with Crippen molar-refractivity contribution in [3.63, 3.8) is 0 Å². The second-order valence-electron chi connectivity index (χ2n) is 7.44. The first-order chi connectivity index (χ1) is 15.3. The SMILES string of the molecule is O=C(Cc1cccc2ccccc12)N/N=C/c1cccn1-c1ccc2ccccc2c1. The number of amides is 1. The summed E-state index contributed by atoms with van der Waals surface area (Å²) >= 11 is 0. The molecule has 0 aliphatic heterocycles. The van der Waals surface area contributed by atoms with Crippen molar-refractivity contribution in [3.8, 4) is 5.69 Å². The number of carbonyl (C=O) groups is 1. The normalized spacial score (nSPS) is 11.4. The quantitative estimate of drug-likeness (QED) is 0.307. The van der Waals surface area contributed by atoms with E-state index in [4.69, 9.17) is 0 Å². The molecule has 5 aromatic rings. The minimum absolute atomic E-state index is 0.142. The predicted octanol–water partition coefficient (Wildman–Crippen LogP) is 5.48. The molecule has 1 aromatic heterocycles. The summed E-state index contributed by atoms with van der Waals surface area (Å²) in [5.74, 6) is -0.142. The van der Waals surface area contributed by atoms with E-state index >= 15 is 0 Å². The van der Waals surface area contributed by atoms with Gasteiger partial charge in [-0.2, -0.15) is 5.10 Å². The summed E-state index contributed by atoms with van der Waals surface area (Å²) in [4.78, 5) is 12.5. The molecule has 150 valence electrons. The second-order valence-corrected chi connectivity index (χ2v) is 7.44. The molecule has 1 N–H and O–H groups in total. The molecule has 0 saturated carbocycles. The zero-order chi connectivity index (χ0) is 21.0. The zero-order valence-corrected chi connectivity index (χ0v) is 16.9. The van der Waals surface area contributed by atoms with Crippen molar-refractivity contribution in [1.82, 2.24) is 9.99 Å². The molecule has 0 saturated heterocycles. The Balaban J connectivity index is 1.31. The lowest BCUT2D eigenvalue weighted by Crippen LogP contribution is -2.20. The molecule has 0 aliphatic rings. The van der Waals surface area contributed by atoms with E-state index in [0.29, 0.717) is 0 Å². The Labute approximate surface area is 180 Å². The molecule has 0 bridgehead atoms. The highest BCUT2D eigenvalue weighted by Crippen LogP contribution is 2.20. The van der Waals surface area contributed by atoms with E-state index in [1.807, 2.05) is 65.4 Å². The third kappa shape index (κ3) is 3.96. The van der Waals surface area contributed by atoms with Crippen molar-refractivity contribution in [2.24, 2.45) is 5.10 Å². The highest BCUT2D eigenvalue weighted by atomic mass is 16.2. The molecule has 4 nitrogen and oxygen atoms in total. The van der Waals surface area contributed by atoms with Crippen molar-refractivity contribution in [2.45, 2.75) is 6.42 Å². The fourth-order valence-electron chi connectivity index (χ4n) is 3.89. The molecular weight excluding hydrogens is 382 g/mol. The molecule has 1 amide bonds. The second kappa shape index (κ2) is 8.28.